The first-order valence-corrected chi connectivity index (χ1v) is 7.13. The van der Waals surface area contributed by atoms with E-state index in [1.165, 1.54) is 0 Å². The lowest BCUT2D eigenvalue weighted by molar-refractivity contribution is -0.122. The number of nitrogens with two attached hydrogens (primary N) is 1. The van der Waals surface area contributed by atoms with E-state index in [0.717, 1.165) is 9.26 Å². The molecule has 104 valence electrons. The lowest BCUT2D eigenvalue weighted by Gasteiger charge is -2.28. The maximum Gasteiger partial charge on any atom is 0.238 e. The lowest BCUT2D eigenvalue weighted by atomic mass is 9.80. The Morgan fingerprint density at radius 2 is 2.00 bits per heavy atom. The van der Waals surface area contributed by atoms with Gasteiger partial charge < -0.3 is 16.3 Å². The van der Waals surface area contributed by atoms with E-state index < -0.39 is 5.41 Å². The molecular formula is C13H18IN3O2. The summed E-state index contributed by atoms with van der Waals surface area (Å²) in [5.74, 6) is -0.308. The quantitative estimate of drug-likeness (QED) is 0.243. The highest BCUT2D eigenvalue weighted by molar-refractivity contribution is 14.1. The van der Waals surface area contributed by atoms with Crippen molar-refractivity contribution in [3.8, 4) is 0 Å². The van der Waals surface area contributed by atoms with Crippen LogP contribution in [0.1, 0.15) is 26.7 Å². The minimum atomic E-state index is -0.979. The van der Waals surface area contributed by atoms with Gasteiger partial charge in [-0.1, -0.05) is 31.1 Å². The highest BCUT2D eigenvalue weighted by Crippen LogP contribution is 2.29. The number of para-hydroxylation sites is 1. The van der Waals surface area contributed by atoms with Crippen molar-refractivity contribution in [2.45, 2.75) is 26.7 Å². The first-order chi connectivity index (χ1) is 9.01. The van der Waals surface area contributed by atoms with E-state index in [4.69, 9.17) is 10.9 Å². The number of rotatable bonds is 5. The minimum Gasteiger partial charge on any atom is -0.409 e. The second-order valence-electron chi connectivity index (χ2n) is 4.21. The number of nitrogens with zero attached hydrogens (tertiary/aromatic N) is 1. The van der Waals surface area contributed by atoms with E-state index in [9.17, 15) is 4.79 Å². The SMILES string of the molecule is CCC(CC)(C(=O)Nc1ccccc1I)C(N)=NO. The van der Waals surface area contributed by atoms with Crippen molar-refractivity contribution in [3.05, 3.63) is 27.8 Å². The summed E-state index contributed by atoms with van der Waals surface area (Å²) in [5, 5.41) is 14.8. The number of benzene rings is 1. The Bertz CT molecular complexity index is 485. The largest absolute Gasteiger partial charge is 0.409 e. The molecule has 1 aromatic carbocycles. The van der Waals surface area contributed by atoms with E-state index >= 15 is 0 Å². The predicted molar refractivity (Wildman–Crippen MR) is 84.2 cm³/mol. The van der Waals surface area contributed by atoms with Gasteiger partial charge in [0.15, 0.2) is 5.84 Å². The molecule has 0 bridgehead atoms. The van der Waals surface area contributed by atoms with Gasteiger partial charge in [0.1, 0.15) is 5.41 Å². The molecule has 5 nitrogen and oxygen atoms in total. The number of amides is 1. The number of hydrogen-bond donors (Lipinski definition) is 3. The molecule has 0 atom stereocenters. The van der Waals surface area contributed by atoms with Crippen LogP contribution in [-0.4, -0.2) is 17.0 Å². The second-order valence-corrected chi connectivity index (χ2v) is 5.37. The molecule has 1 rings (SSSR count). The zero-order valence-electron chi connectivity index (χ0n) is 11.0. The normalized spacial score (nSPS) is 12.3. The summed E-state index contributed by atoms with van der Waals surface area (Å²) in [5.41, 5.74) is 5.45. The van der Waals surface area contributed by atoms with Gasteiger partial charge >= 0.3 is 0 Å². The Balaban J connectivity index is 3.06. The van der Waals surface area contributed by atoms with Crippen LogP contribution in [0.4, 0.5) is 5.69 Å². The third kappa shape index (κ3) is 3.17. The average molecular weight is 375 g/mol. The molecule has 0 unspecified atom stereocenters. The number of amidine groups is 1. The van der Waals surface area contributed by atoms with Crippen LogP contribution in [0.25, 0.3) is 0 Å². The van der Waals surface area contributed by atoms with Crippen molar-refractivity contribution in [2.24, 2.45) is 16.3 Å². The van der Waals surface area contributed by atoms with Crippen molar-refractivity contribution in [1.82, 2.24) is 0 Å². The number of halogens is 1. The van der Waals surface area contributed by atoms with Gasteiger partial charge in [-0.25, -0.2) is 0 Å². The number of hydrogen-bond acceptors (Lipinski definition) is 3. The smallest absolute Gasteiger partial charge is 0.238 e. The maximum atomic E-state index is 12.5. The van der Waals surface area contributed by atoms with Crippen LogP contribution in [-0.2, 0) is 4.79 Å². The first kappa shape index (κ1) is 15.7. The first-order valence-electron chi connectivity index (χ1n) is 6.05. The summed E-state index contributed by atoms with van der Waals surface area (Å²) in [6.45, 7) is 3.69. The molecule has 0 fully saturated rings. The molecule has 0 aliphatic carbocycles. The fourth-order valence-electron chi connectivity index (χ4n) is 1.95. The summed E-state index contributed by atoms with van der Waals surface area (Å²) in [7, 11) is 0. The summed E-state index contributed by atoms with van der Waals surface area (Å²) >= 11 is 2.15. The van der Waals surface area contributed by atoms with Crippen molar-refractivity contribution in [2.75, 3.05) is 5.32 Å². The number of carbonyl (C=O) groups is 1. The Morgan fingerprint density at radius 3 is 2.47 bits per heavy atom. The van der Waals surface area contributed by atoms with Crippen LogP contribution in [0.5, 0.6) is 0 Å². The third-order valence-corrected chi connectivity index (χ3v) is 4.30. The van der Waals surface area contributed by atoms with Crippen LogP contribution in [0.15, 0.2) is 29.4 Å². The Morgan fingerprint density at radius 1 is 1.42 bits per heavy atom. The molecule has 19 heavy (non-hydrogen) atoms. The maximum absolute atomic E-state index is 12.5. The van der Waals surface area contributed by atoms with Gasteiger partial charge in [-0.2, -0.15) is 0 Å². The monoisotopic (exact) mass is 375 g/mol. The van der Waals surface area contributed by atoms with Crippen molar-refractivity contribution in [1.29, 1.82) is 0 Å². The Kier molecular flexibility index (Phi) is 5.59. The molecule has 1 aromatic rings. The van der Waals surface area contributed by atoms with Gasteiger partial charge in [0, 0.05) is 3.57 Å². The summed E-state index contributed by atoms with van der Waals surface area (Å²) in [4.78, 5) is 12.5. The standard InChI is InChI=1S/C13H18IN3O2/c1-3-13(4-2,11(15)17-19)12(18)16-10-8-6-5-7-9(10)14/h5-8,19H,3-4H2,1-2H3,(H2,15,17)(H,16,18). The molecular weight excluding hydrogens is 357 g/mol. The Hall–Kier alpha value is -1.31. The highest BCUT2D eigenvalue weighted by Gasteiger charge is 2.39. The molecule has 0 heterocycles. The van der Waals surface area contributed by atoms with Gasteiger partial charge in [-0.15, -0.1) is 0 Å². The van der Waals surface area contributed by atoms with E-state index in [-0.39, 0.29) is 11.7 Å². The molecule has 0 radical (unpaired) electrons. The predicted octanol–water partition coefficient (Wildman–Crippen LogP) is 2.78. The zero-order chi connectivity index (χ0) is 14.5. The number of carbonyl (C=O) groups excluding carboxylic acids is 1. The molecule has 6 heteroatoms. The van der Waals surface area contributed by atoms with Gasteiger partial charge in [0.2, 0.25) is 5.91 Å². The molecule has 1 amide bonds. The highest BCUT2D eigenvalue weighted by atomic mass is 127. The van der Waals surface area contributed by atoms with Crippen molar-refractivity contribution in [3.63, 3.8) is 0 Å². The molecule has 0 saturated heterocycles. The summed E-state index contributed by atoms with van der Waals surface area (Å²) in [6.07, 6.45) is 0.934. The van der Waals surface area contributed by atoms with E-state index in [0.29, 0.717) is 12.8 Å². The zero-order valence-corrected chi connectivity index (χ0v) is 13.1. The fraction of sp³-hybridized carbons (Fsp3) is 0.385. The molecule has 0 aliphatic heterocycles. The van der Waals surface area contributed by atoms with E-state index in [1.807, 2.05) is 38.1 Å². The average Bonchev–Trinajstić information content (AvgIpc) is 2.43. The second kappa shape index (κ2) is 6.74. The molecule has 0 aliphatic rings. The number of nitrogens with one attached hydrogen (secondary N) is 1. The van der Waals surface area contributed by atoms with Gasteiger partial charge in [-0.3, -0.25) is 4.79 Å². The third-order valence-electron chi connectivity index (χ3n) is 3.36. The van der Waals surface area contributed by atoms with Crippen LogP contribution >= 0.6 is 22.6 Å². The van der Waals surface area contributed by atoms with Crippen molar-refractivity contribution >= 4 is 40.0 Å². The van der Waals surface area contributed by atoms with E-state index in [2.05, 4.69) is 33.1 Å². The van der Waals surface area contributed by atoms with Gasteiger partial charge in [-0.05, 0) is 47.6 Å². The lowest BCUT2D eigenvalue weighted by Crippen LogP contribution is -2.46. The van der Waals surface area contributed by atoms with Crippen LogP contribution < -0.4 is 11.1 Å². The van der Waals surface area contributed by atoms with Gasteiger partial charge in [0.25, 0.3) is 0 Å². The molecule has 0 aromatic heterocycles. The molecule has 0 spiro atoms. The van der Waals surface area contributed by atoms with Crippen LogP contribution in [0.2, 0.25) is 0 Å². The topological polar surface area (TPSA) is 87.7 Å². The van der Waals surface area contributed by atoms with Crippen LogP contribution in [0, 0.1) is 8.99 Å². The molecule has 0 saturated carbocycles. The molecule has 4 N–H and O–H groups in total. The van der Waals surface area contributed by atoms with Gasteiger partial charge in [0.05, 0.1) is 5.69 Å². The Labute approximate surface area is 126 Å². The summed E-state index contributed by atoms with van der Waals surface area (Å²) in [6, 6.07) is 7.47. The minimum absolute atomic E-state index is 0.0547. The number of anilines is 1. The van der Waals surface area contributed by atoms with Crippen molar-refractivity contribution < 1.29 is 10.0 Å². The van der Waals surface area contributed by atoms with E-state index in [1.54, 1.807) is 0 Å². The fourth-order valence-corrected chi connectivity index (χ4v) is 2.47. The summed E-state index contributed by atoms with van der Waals surface area (Å²) < 4.78 is 0.939. The number of oxime groups is 1. The van der Waals surface area contributed by atoms with Crippen LogP contribution in [0.3, 0.4) is 0 Å².